The van der Waals surface area contributed by atoms with Crippen LogP contribution >= 0.6 is 27.5 Å². The number of carbonyl (C=O) groups excluding carboxylic acids is 1. The van der Waals surface area contributed by atoms with Crippen LogP contribution in [0.5, 0.6) is 0 Å². The largest absolute Gasteiger partial charge is 0.368 e. The van der Waals surface area contributed by atoms with E-state index in [4.69, 9.17) is 16.6 Å². The van der Waals surface area contributed by atoms with Crippen LogP contribution in [0.1, 0.15) is 17.5 Å². The number of anilines is 1. The number of benzene rings is 2. The lowest BCUT2D eigenvalue weighted by molar-refractivity contribution is -0.125. The van der Waals surface area contributed by atoms with Crippen molar-refractivity contribution in [2.45, 2.75) is 19.3 Å². The maximum atomic E-state index is 12.7. The number of hydrogen-bond acceptors (Lipinski definition) is 4. The first-order chi connectivity index (χ1) is 16.1. The molecule has 2 aromatic carbocycles. The summed E-state index contributed by atoms with van der Waals surface area (Å²) < 4.78 is 2.54. The quantitative estimate of drug-likeness (QED) is 0.342. The second-order valence-corrected chi connectivity index (χ2v) is 9.42. The second-order valence-electron chi connectivity index (χ2n) is 8.16. The molecule has 1 aliphatic rings. The van der Waals surface area contributed by atoms with Gasteiger partial charge in [0.05, 0.1) is 16.4 Å². The van der Waals surface area contributed by atoms with Gasteiger partial charge in [0.2, 0.25) is 5.91 Å². The van der Waals surface area contributed by atoms with Gasteiger partial charge in [0.25, 0.3) is 0 Å². The van der Waals surface area contributed by atoms with E-state index in [1.807, 2.05) is 36.4 Å². The molecule has 4 aromatic rings. The van der Waals surface area contributed by atoms with Crippen LogP contribution in [0.3, 0.4) is 0 Å². The topological polar surface area (TPSA) is 71.3 Å². The molecule has 2 heterocycles. The van der Waals surface area contributed by atoms with Crippen molar-refractivity contribution in [2.24, 2.45) is 5.92 Å². The summed E-state index contributed by atoms with van der Waals surface area (Å²) in [5, 5.41) is 11.5. The lowest BCUT2D eigenvalue weighted by Gasteiger charge is -2.23. The Labute approximate surface area is 205 Å². The highest BCUT2D eigenvalue weighted by Gasteiger charge is 2.24. The smallest absolute Gasteiger partial charge is 0.223 e. The van der Waals surface area contributed by atoms with Crippen LogP contribution in [0.4, 0.5) is 5.82 Å². The maximum Gasteiger partial charge on any atom is 0.223 e. The Bertz CT molecular complexity index is 1320. The molecule has 5 rings (SSSR count). The van der Waals surface area contributed by atoms with Gasteiger partial charge in [-0.15, -0.1) is 0 Å². The molecule has 1 amide bonds. The van der Waals surface area contributed by atoms with Crippen molar-refractivity contribution in [2.75, 3.05) is 18.4 Å². The zero-order chi connectivity index (χ0) is 22.8. The minimum Gasteiger partial charge on any atom is -0.368 e. The minimum absolute atomic E-state index is 0.0291. The Kier molecular flexibility index (Phi) is 6.33. The third-order valence-corrected chi connectivity index (χ3v) is 6.92. The van der Waals surface area contributed by atoms with E-state index in [1.54, 1.807) is 10.7 Å². The average Bonchev–Trinajstić information content (AvgIpc) is 3.22. The van der Waals surface area contributed by atoms with Crippen molar-refractivity contribution in [1.82, 2.24) is 19.9 Å². The van der Waals surface area contributed by atoms with Crippen LogP contribution in [0.25, 0.3) is 16.9 Å². The molecule has 0 spiro atoms. The Morgan fingerprint density at radius 2 is 1.91 bits per heavy atom. The summed E-state index contributed by atoms with van der Waals surface area (Å²) in [6.45, 7) is 1.08. The molecule has 1 aliphatic carbocycles. The predicted octanol–water partition coefficient (Wildman–Crippen LogP) is 5.15. The van der Waals surface area contributed by atoms with Crippen molar-refractivity contribution in [1.29, 1.82) is 0 Å². The van der Waals surface area contributed by atoms with Crippen LogP contribution in [0.2, 0.25) is 5.02 Å². The van der Waals surface area contributed by atoms with E-state index >= 15 is 0 Å². The number of aryl methyl sites for hydroxylation is 1. The number of aromatic nitrogens is 3. The Balaban J connectivity index is 1.25. The Morgan fingerprint density at radius 3 is 2.76 bits per heavy atom. The maximum absolute atomic E-state index is 12.7. The number of rotatable bonds is 6. The zero-order valence-corrected chi connectivity index (χ0v) is 20.2. The second kappa shape index (κ2) is 9.53. The van der Waals surface area contributed by atoms with Crippen molar-refractivity contribution in [3.05, 3.63) is 81.4 Å². The molecule has 6 nitrogen and oxygen atoms in total. The van der Waals surface area contributed by atoms with E-state index in [-0.39, 0.29) is 11.8 Å². The van der Waals surface area contributed by atoms with Gasteiger partial charge in [-0.2, -0.15) is 9.61 Å². The lowest BCUT2D eigenvalue weighted by Crippen LogP contribution is -2.36. The molecule has 1 atom stereocenters. The number of hydrogen-bond donors (Lipinski definition) is 2. The fourth-order valence-electron chi connectivity index (χ4n) is 4.31. The molecule has 2 aromatic heterocycles. The molecule has 33 heavy (non-hydrogen) atoms. The van der Waals surface area contributed by atoms with Gasteiger partial charge < -0.3 is 10.6 Å². The summed E-state index contributed by atoms with van der Waals surface area (Å²) in [6.07, 6.45) is 4.37. The molecule has 1 unspecified atom stereocenters. The van der Waals surface area contributed by atoms with Crippen LogP contribution in [0.15, 0.2) is 65.3 Å². The first-order valence-corrected chi connectivity index (χ1v) is 12.1. The molecule has 0 saturated carbocycles. The summed E-state index contributed by atoms with van der Waals surface area (Å²) in [7, 11) is 0. The van der Waals surface area contributed by atoms with E-state index < -0.39 is 0 Å². The average molecular weight is 525 g/mol. The third-order valence-electron chi connectivity index (χ3n) is 6.03. The minimum atomic E-state index is 0.0291. The first kappa shape index (κ1) is 21.9. The predicted molar refractivity (Wildman–Crippen MR) is 135 cm³/mol. The van der Waals surface area contributed by atoms with Crippen molar-refractivity contribution < 1.29 is 4.79 Å². The molecule has 2 N–H and O–H groups in total. The molecule has 0 aliphatic heterocycles. The fourth-order valence-corrected chi connectivity index (χ4v) is 4.89. The van der Waals surface area contributed by atoms with E-state index in [1.165, 1.54) is 11.1 Å². The summed E-state index contributed by atoms with van der Waals surface area (Å²) >= 11 is 9.92. The van der Waals surface area contributed by atoms with Crippen molar-refractivity contribution >= 4 is 44.9 Å². The summed E-state index contributed by atoms with van der Waals surface area (Å²) in [4.78, 5) is 17.4. The third kappa shape index (κ3) is 4.61. The van der Waals surface area contributed by atoms with Gasteiger partial charge in [0.15, 0.2) is 5.65 Å². The van der Waals surface area contributed by atoms with Crippen LogP contribution in [0, 0.1) is 5.92 Å². The highest BCUT2D eigenvalue weighted by atomic mass is 79.9. The molecule has 168 valence electrons. The molecular weight excluding hydrogens is 502 g/mol. The SMILES string of the molecule is O=C(NCCNc1cc(-c2ccccc2Cl)nc2c(Br)cnn12)C1CCc2ccccc2C1. The number of nitrogens with one attached hydrogen (secondary N) is 2. The molecule has 0 radical (unpaired) electrons. The van der Waals surface area contributed by atoms with E-state index in [9.17, 15) is 4.79 Å². The van der Waals surface area contributed by atoms with E-state index in [0.29, 0.717) is 23.8 Å². The van der Waals surface area contributed by atoms with Gasteiger partial charge in [-0.05, 0) is 52.4 Å². The lowest BCUT2D eigenvalue weighted by atomic mass is 9.83. The standard InChI is InChI=1S/C25H23BrClN5O/c26-20-15-30-32-23(14-22(31-24(20)32)19-7-3-4-8-21(19)27)28-11-12-29-25(33)18-10-9-16-5-1-2-6-17(16)13-18/h1-8,14-15,18,28H,9-13H2,(H,29,33). The van der Waals surface area contributed by atoms with E-state index in [2.05, 4.69) is 49.9 Å². The first-order valence-electron chi connectivity index (χ1n) is 11.0. The normalized spacial score (nSPS) is 15.3. The van der Waals surface area contributed by atoms with Crippen molar-refractivity contribution in [3.8, 4) is 11.3 Å². The summed E-state index contributed by atoms with van der Waals surface area (Å²) in [5.74, 6) is 0.924. The molecule has 8 heteroatoms. The monoisotopic (exact) mass is 523 g/mol. The molecule has 0 fully saturated rings. The molecular formula is C25H23BrClN5O. The summed E-state index contributed by atoms with van der Waals surface area (Å²) in [6, 6.07) is 17.9. The van der Waals surface area contributed by atoms with Crippen LogP contribution < -0.4 is 10.6 Å². The number of fused-ring (bicyclic) bond motifs is 2. The van der Waals surface area contributed by atoms with Gasteiger partial charge in [0, 0.05) is 35.7 Å². The summed E-state index contributed by atoms with van der Waals surface area (Å²) in [5.41, 5.74) is 4.95. The van der Waals surface area contributed by atoms with Crippen LogP contribution in [-0.4, -0.2) is 33.6 Å². The van der Waals surface area contributed by atoms with Gasteiger partial charge in [-0.1, -0.05) is 54.1 Å². The Hall–Kier alpha value is -2.90. The fraction of sp³-hybridized carbons (Fsp3) is 0.240. The number of amides is 1. The molecule has 0 saturated heterocycles. The number of halogens is 2. The van der Waals surface area contributed by atoms with Crippen molar-refractivity contribution in [3.63, 3.8) is 0 Å². The van der Waals surface area contributed by atoms with Gasteiger partial charge in [-0.25, -0.2) is 4.98 Å². The highest BCUT2D eigenvalue weighted by Crippen LogP contribution is 2.30. The van der Waals surface area contributed by atoms with Gasteiger partial charge >= 0.3 is 0 Å². The number of carbonyl (C=O) groups is 1. The Morgan fingerprint density at radius 1 is 1.12 bits per heavy atom. The number of nitrogens with zero attached hydrogens (tertiary/aromatic N) is 3. The highest BCUT2D eigenvalue weighted by molar-refractivity contribution is 9.10. The van der Waals surface area contributed by atoms with Gasteiger partial charge in [0.1, 0.15) is 5.82 Å². The zero-order valence-electron chi connectivity index (χ0n) is 17.9. The molecule has 0 bridgehead atoms. The van der Waals surface area contributed by atoms with Crippen LogP contribution in [-0.2, 0) is 17.6 Å². The van der Waals surface area contributed by atoms with Gasteiger partial charge in [-0.3, -0.25) is 4.79 Å². The van der Waals surface area contributed by atoms with E-state index in [0.717, 1.165) is 40.8 Å².